The molecule has 0 saturated carbocycles. The van der Waals surface area contributed by atoms with Crippen molar-refractivity contribution in [2.24, 2.45) is 0 Å². The van der Waals surface area contributed by atoms with E-state index >= 15 is 0 Å². The Kier molecular flexibility index (Phi) is 11.4. The van der Waals surface area contributed by atoms with Crippen molar-refractivity contribution in [2.75, 3.05) is 46.4 Å². The minimum atomic E-state index is -0.601. The van der Waals surface area contributed by atoms with Crippen LogP contribution in [0, 0.1) is 0 Å². The quantitative estimate of drug-likeness (QED) is 0.379. The number of esters is 2. The molecule has 2 heterocycles. The summed E-state index contributed by atoms with van der Waals surface area (Å²) < 4.78 is 16.2. The van der Waals surface area contributed by atoms with Crippen LogP contribution in [0.25, 0.3) is 0 Å². The first kappa shape index (κ1) is 31.0. The fraction of sp³-hybridized carbons (Fsp3) is 0.852. The molecule has 0 aromatic heterocycles. The fourth-order valence-corrected chi connectivity index (χ4v) is 4.71. The monoisotopic (exact) mass is 525 g/mol. The van der Waals surface area contributed by atoms with Gasteiger partial charge in [0.25, 0.3) is 0 Å². The van der Waals surface area contributed by atoms with E-state index in [-0.39, 0.29) is 36.6 Å². The molecule has 2 amide bonds. The normalized spacial score (nSPS) is 20.4. The van der Waals surface area contributed by atoms with E-state index in [1.54, 1.807) is 16.9 Å². The molecule has 2 saturated heterocycles. The zero-order chi connectivity index (χ0) is 27.8. The molecular formula is C27H47N3O7. The van der Waals surface area contributed by atoms with Crippen LogP contribution in [0.3, 0.4) is 0 Å². The minimum absolute atomic E-state index is 0.0911. The largest absolute Gasteiger partial charge is 0.458 e. The Balaban J connectivity index is 1.91. The molecule has 2 atom stereocenters. The number of hydrogen-bond donors (Lipinski definition) is 0. The van der Waals surface area contributed by atoms with Gasteiger partial charge in [0, 0.05) is 52.7 Å². The number of carbonyl (C=O) groups is 4. The Morgan fingerprint density at radius 3 is 1.49 bits per heavy atom. The predicted octanol–water partition coefficient (Wildman–Crippen LogP) is 2.38. The van der Waals surface area contributed by atoms with Gasteiger partial charge in [-0.3, -0.25) is 9.59 Å². The Labute approximate surface area is 221 Å². The van der Waals surface area contributed by atoms with E-state index in [9.17, 15) is 19.2 Å². The fourth-order valence-electron chi connectivity index (χ4n) is 4.71. The second-order valence-corrected chi connectivity index (χ2v) is 11.9. The molecule has 2 unspecified atom stereocenters. The Morgan fingerprint density at radius 1 is 0.730 bits per heavy atom. The summed E-state index contributed by atoms with van der Waals surface area (Å²) in [6, 6.07) is -1.08. The Morgan fingerprint density at radius 2 is 1.14 bits per heavy atom. The zero-order valence-corrected chi connectivity index (χ0v) is 23.8. The average molecular weight is 526 g/mol. The summed E-state index contributed by atoms with van der Waals surface area (Å²) in [6.07, 6.45) is 3.23. The molecule has 10 nitrogen and oxygen atoms in total. The summed E-state index contributed by atoms with van der Waals surface area (Å²) in [5.74, 6) is -0.894. The van der Waals surface area contributed by atoms with Gasteiger partial charge in [0.2, 0.25) is 11.8 Å². The lowest BCUT2D eigenvalue weighted by Crippen LogP contribution is -2.45. The van der Waals surface area contributed by atoms with Gasteiger partial charge in [-0.2, -0.15) is 0 Å². The molecule has 0 bridgehead atoms. The van der Waals surface area contributed by atoms with E-state index in [4.69, 9.17) is 14.2 Å². The SMILES string of the molecule is COCCN(CCC(=O)N1CCCC1C(=O)OC(C)(C)C)CCC(=O)N1CCCC1C(=O)OC(C)(C)C. The average Bonchev–Trinajstić information content (AvgIpc) is 3.46. The van der Waals surface area contributed by atoms with Crippen molar-refractivity contribution in [2.45, 2.75) is 103 Å². The third-order valence-corrected chi connectivity index (χ3v) is 6.40. The van der Waals surface area contributed by atoms with Crippen LogP contribution in [0.4, 0.5) is 0 Å². The molecule has 2 aliphatic heterocycles. The first-order valence-electron chi connectivity index (χ1n) is 13.5. The van der Waals surface area contributed by atoms with Crippen molar-refractivity contribution in [1.82, 2.24) is 14.7 Å². The maximum atomic E-state index is 13.0. The van der Waals surface area contributed by atoms with Crippen molar-refractivity contribution in [1.29, 1.82) is 0 Å². The molecule has 0 aromatic carbocycles. The van der Waals surface area contributed by atoms with Crippen molar-refractivity contribution in [3.05, 3.63) is 0 Å². The summed E-state index contributed by atoms with van der Waals surface area (Å²) in [7, 11) is 1.61. The molecule has 0 N–H and O–H groups in total. The highest BCUT2D eigenvalue weighted by Crippen LogP contribution is 2.23. The first-order chi connectivity index (χ1) is 17.2. The number of nitrogens with zero attached hydrogens (tertiary/aromatic N) is 3. The molecule has 2 rings (SSSR count). The molecular weight excluding hydrogens is 478 g/mol. The van der Waals surface area contributed by atoms with Crippen LogP contribution >= 0.6 is 0 Å². The Bertz CT molecular complexity index is 741. The molecule has 2 aliphatic rings. The summed E-state index contributed by atoms with van der Waals surface area (Å²) in [5.41, 5.74) is -1.20. The van der Waals surface area contributed by atoms with Gasteiger partial charge in [0.15, 0.2) is 0 Å². The standard InChI is InChI=1S/C27H47N3O7/c1-26(2,3)36-24(33)20-10-8-14-29(20)22(31)12-16-28(18-19-35-7)17-13-23(32)30-15-9-11-21(30)25(34)37-27(4,5)6/h20-21H,8-19H2,1-7H3. The van der Waals surface area contributed by atoms with Crippen LogP contribution in [0.5, 0.6) is 0 Å². The van der Waals surface area contributed by atoms with Crippen LogP contribution in [0.15, 0.2) is 0 Å². The number of hydrogen-bond acceptors (Lipinski definition) is 8. The van der Waals surface area contributed by atoms with Gasteiger partial charge in [0.05, 0.1) is 6.61 Å². The lowest BCUT2D eigenvalue weighted by Gasteiger charge is -2.29. The van der Waals surface area contributed by atoms with Crippen molar-refractivity contribution in [3.63, 3.8) is 0 Å². The molecule has 0 spiro atoms. The third-order valence-electron chi connectivity index (χ3n) is 6.40. The number of amides is 2. The highest BCUT2D eigenvalue weighted by atomic mass is 16.6. The van der Waals surface area contributed by atoms with E-state index in [0.29, 0.717) is 52.2 Å². The van der Waals surface area contributed by atoms with Crippen molar-refractivity contribution >= 4 is 23.8 Å². The van der Waals surface area contributed by atoms with E-state index in [2.05, 4.69) is 0 Å². The molecule has 0 aromatic rings. The lowest BCUT2D eigenvalue weighted by atomic mass is 10.1. The van der Waals surface area contributed by atoms with Gasteiger partial charge < -0.3 is 28.9 Å². The molecule has 2 fully saturated rings. The van der Waals surface area contributed by atoms with Crippen LogP contribution in [0.1, 0.15) is 80.1 Å². The number of ether oxygens (including phenoxy) is 3. The topological polar surface area (TPSA) is 106 Å². The van der Waals surface area contributed by atoms with Crippen LogP contribution in [-0.4, -0.2) is 108 Å². The second kappa shape index (κ2) is 13.6. The first-order valence-corrected chi connectivity index (χ1v) is 13.5. The summed E-state index contributed by atoms with van der Waals surface area (Å²) in [6.45, 7) is 13.9. The number of likely N-dealkylation sites (tertiary alicyclic amines) is 2. The highest BCUT2D eigenvalue weighted by Gasteiger charge is 2.38. The van der Waals surface area contributed by atoms with Gasteiger partial charge in [-0.1, -0.05) is 0 Å². The van der Waals surface area contributed by atoms with Gasteiger partial charge in [-0.05, 0) is 67.2 Å². The van der Waals surface area contributed by atoms with Crippen LogP contribution in [0.2, 0.25) is 0 Å². The molecule has 0 aliphatic carbocycles. The summed E-state index contributed by atoms with van der Waals surface area (Å²) in [4.78, 5) is 56.5. The van der Waals surface area contributed by atoms with Gasteiger partial charge in [-0.15, -0.1) is 0 Å². The molecule has 212 valence electrons. The van der Waals surface area contributed by atoms with Gasteiger partial charge >= 0.3 is 11.9 Å². The van der Waals surface area contributed by atoms with E-state index in [1.165, 1.54) is 0 Å². The van der Waals surface area contributed by atoms with E-state index in [0.717, 1.165) is 12.8 Å². The predicted molar refractivity (Wildman–Crippen MR) is 139 cm³/mol. The molecule has 37 heavy (non-hydrogen) atoms. The van der Waals surface area contributed by atoms with Crippen LogP contribution in [-0.2, 0) is 33.4 Å². The molecule has 10 heteroatoms. The zero-order valence-electron chi connectivity index (χ0n) is 23.8. The maximum absolute atomic E-state index is 13.0. The minimum Gasteiger partial charge on any atom is -0.458 e. The van der Waals surface area contributed by atoms with Gasteiger partial charge in [-0.25, -0.2) is 9.59 Å². The number of carbonyl (C=O) groups excluding carboxylic acids is 4. The number of rotatable bonds is 11. The molecule has 0 radical (unpaired) electrons. The Hall–Kier alpha value is -2.20. The smallest absolute Gasteiger partial charge is 0.329 e. The van der Waals surface area contributed by atoms with Crippen molar-refractivity contribution < 1.29 is 33.4 Å². The van der Waals surface area contributed by atoms with Crippen LogP contribution < -0.4 is 0 Å². The summed E-state index contributed by atoms with van der Waals surface area (Å²) >= 11 is 0. The maximum Gasteiger partial charge on any atom is 0.329 e. The highest BCUT2D eigenvalue weighted by molar-refractivity contribution is 5.86. The third kappa shape index (κ3) is 10.2. The summed E-state index contributed by atoms with van der Waals surface area (Å²) in [5, 5.41) is 0. The van der Waals surface area contributed by atoms with Crippen molar-refractivity contribution in [3.8, 4) is 0 Å². The lowest BCUT2D eigenvalue weighted by molar-refractivity contribution is -0.163. The van der Waals surface area contributed by atoms with E-state index in [1.807, 2.05) is 46.4 Å². The number of methoxy groups -OCH3 is 1. The second-order valence-electron chi connectivity index (χ2n) is 11.9. The van der Waals surface area contributed by atoms with E-state index < -0.39 is 23.3 Å². The van der Waals surface area contributed by atoms with Gasteiger partial charge in [0.1, 0.15) is 23.3 Å².